The highest BCUT2D eigenvalue weighted by Crippen LogP contribution is 2.23. The van der Waals surface area contributed by atoms with Crippen molar-refractivity contribution in [1.29, 1.82) is 0 Å². The average Bonchev–Trinajstić information content (AvgIpc) is 3.07. The molecule has 6 nitrogen and oxygen atoms in total. The predicted molar refractivity (Wildman–Crippen MR) is 106 cm³/mol. The molecule has 0 aliphatic rings. The van der Waals surface area contributed by atoms with Crippen LogP contribution in [0.15, 0.2) is 42.5 Å². The van der Waals surface area contributed by atoms with Crippen LogP contribution in [0.5, 0.6) is 0 Å². The van der Waals surface area contributed by atoms with E-state index in [0.717, 1.165) is 5.56 Å². The zero-order valence-electron chi connectivity index (χ0n) is 16.5. The maximum absolute atomic E-state index is 14.1. The van der Waals surface area contributed by atoms with Crippen molar-refractivity contribution in [1.82, 2.24) is 20.2 Å². The molecule has 0 aliphatic heterocycles. The molecular formula is C21H24FN5O. The van der Waals surface area contributed by atoms with E-state index in [1.807, 2.05) is 0 Å². The van der Waals surface area contributed by atoms with Gasteiger partial charge in [0.1, 0.15) is 11.5 Å². The lowest BCUT2D eigenvalue weighted by Crippen LogP contribution is -2.14. The molecule has 28 heavy (non-hydrogen) atoms. The van der Waals surface area contributed by atoms with E-state index >= 15 is 0 Å². The number of halogens is 1. The van der Waals surface area contributed by atoms with Gasteiger partial charge < -0.3 is 5.32 Å². The first-order valence-electron chi connectivity index (χ1n) is 9.18. The van der Waals surface area contributed by atoms with Crippen LogP contribution >= 0.6 is 0 Å². The average molecular weight is 381 g/mol. The topological polar surface area (TPSA) is 72.7 Å². The first-order valence-corrected chi connectivity index (χ1v) is 9.18. The quantitative estimate of drug-likeness (QED) is 0.726. The second-order valence-electron chi connectivity index (χ2n) is 7.80. The van der Waals surface area contributed by atoms with Crippen molar-refractivity contribution in [2.24, 2.45) is 0 Å². The minimum Gasteiger partial charge on any atom is -0.326 e. The lowest BCUT2D eigenvalue weighted by Gasteiger charge is -2.19. The monoisotopic (exact) mass is 381 g/mol. The van der Waals surface area contributed by atoms with Crippen LogP contribution in [0.25, 0.3) is 5.69 Å². The molecule has 1 amide bonds. The summed E-state index contributed by atoms with van der Waals surface area (Å²) in [5, 5.41) is 13.9. The smallest absolute Gasteiger partial charge is 0.224 e. The van der Waals surface area contributed by atoms with Crippen LogP contribution < -0.4 is 5.32 Å². The third-order valence-electron chi connectivity index (χ3n) is 4.54. The Balaban J connectivity index is 1.63. The Labute approximate surface area is 163 Å². The third kappa shape index (κ3) is 4.60. The lowest BCUT2D eigenvalue weighted by molar-refractivity contribution is -0.116. The third-order valence-corrected chi connectivity index (χ3v) is 4.54. The number of hydrogen-bond acceptors (Lipinski definition) is 4. The van der Waals surface area contributed by atoms with E-state index in [-0.39, 0.29) is 17.0 Å². The fraction of sp³-hybridized carbons (Fsp3) is 0.333. The van der Waals surface area contributed by atoms with Gasteiger partial charge in [0.25, 0.3) is 0 Å². The number of anilines is 1. The fourth-order valence-corrected chi connectivity index (χ4v) is 2.86. The van der Waals surface area contributed by atoms with Gasteiger partial charge in [0, 0.05) is 12.1 Å². The van der Waals surface area contributed by atoms with Crippen molar-refractivity contribution in [2.75, 3.05) is 5.32 Å². The van der Waals surface area contributed by atoms with E-state index in [9.17, 15) is 9.18 Å². The molecule has 0 spiro atoms. The summed E-state index contributed by atoms with van der Waals surface area (Å²) in [7, 11) is 0. The molecule has 0 aliphatic carbocycles. The molecular weight excluding hydrogens is 357 g/mol. The number of nitrogens with one attached hydrogen (secondary N) is 1. The number of aryl methyl sites for hydroxylation is 2. The highest BCUT2D eigenvalue weighted by molar-refractivity contribution is 5.91. The van der Waals surface area contributed by atoms with Crippen LogP contribution in [0, 0.1) is 12.7 Å². The van der Waals surface area contributed by atoms with E-state index in [4.69, 9.17) is 0 Å². The SMILES string of the molecule is Cc1nnnn1-c1cc(NC(=O)CCc2ccc(C(C)(C)C)cc2)ccc1F. The summed E-state index contributed by atoms with van der Waals surface area (Å²) in [5.41, 5.74) is 3.16. The molecule has 0 fully saturated rings. The van der Waals surface area contributed by atoms with Gasteiger partial charge in [-0.05, 0) is 58.5 Å². The summed E-state index contributed by atoms with van der Waals surface area (Å²) in [4.78, 5) is 12.3. The molecule has 0 unspecified atom stereocenters. The van der Waals surface area contributed by atoms with E-state index in [2.05, 4.69) is 65.9 Å². The molecule has 0 atom stereocenters. The second-order valence-corrected chi connectivity index (χ2v) is 7.80. The largest absolute Gasteiger partial charge is 0.326 e. The molecule has 0 radical (unpaired) electrons. The van der Waals surface area contributed by atoms with Gasteiger partial charge in [-0.1, -0.05) is 45.0 Å². The highest BCUT2D eigenvalue weighted by Gasteiger charge is 2.14. The predicted octanol–water partition coefficient (Wildman–Crippen LogP) is 3.98. The second kappa shape index (κ2) is 7.88. The first-order chi connectivity index (χ1) is 13.2. The maximum atomic E-state index is 14.1. The van der Waals surface area contributed by atoms with E-state index in [1.165, 1.54) is 28.4 Å². The van der Waals surface area contributed by atoms with Crippen molar-refractivity contribution in [3.63, 3.8) is 0 Å². The maximum Gasteiger partial charge on any atom is 0.224 e. The molecule has 0 bridgehead atoms. The molecule has 1 N–H and O–H groups in total. The van der Waals surface area contributed by atoms with Gasteiger partial charge >= 0.3 is 0 Å². The standard InChI is InChI=1S/C21H24FN5O/c1-14-24-25-26-27(14)19-13-17(10-11-18(19)22)23-20(28)12-7-15-5-8-16(9-6-15)21(2,3)4/h5-6,8-11,13H,7,12H2,1-4H3,(H,23,28). The molecule has 2 aromatic carbocycles. The van der Waals surface area contributed by atoms with Crippen LogP contribution in [-0.2, 0) is 16.6 Å². The van der Waals surface area contributed by atoms with Gasteiger partial charge in [0.15, 0.2) is 5.82 Å². The summed E-state index contributed by atoms with van der Waals surface area (Å²) in [6.07, 6.45) is 0.974. The number of aromatic nitrogens is 4. The van der Waals surface area contributed by atoms with Gasteiger partial charge in [0.2, 0.25) is 5.91 Å². The van der Waals surface area contributed by atoms with Crippen molar-refractivity contribution < 1.29 is 9.18 Å². The Morgan fingerprint density at radius 2 is 1.86 bits per heavy atom. The molecule has 7 heteroatoms. The summed E-state index contributed by atoms with van der Waals surface area (Å²) < 4.78 is 15.4. The highest BCUT2D eigenvalue weighted by atomic mass is 19.1. The summed E-state index contributed by atoms with van der Waals surface area (Å²) in [5.74, 6) is -0.140. The van der Waals surface area contributed by atoms with Gasteiger partial charge in [-0.2, -0.15) is 4.68 Å². The molecule has 3 aromatic rings. The van der Waals surface area contributed by atoms with Gasteiger partial charge in [-0.25, -0.2) is 4.39 Å². The number of rotatable bonds is 5. The van der Waals surface area contributed by atoms with Crippen molar-refractivity contribution in [2.45, 2.75) is 46.0 Å². The zero-order chi connectivity index (χ0) is 20.3. The molecule has 1 aromatic heterocycles. The van der Waals surface area contributed by atoms with Crippen LogP contribution in [0.1, 0.15) is 44.1 Å². The number of carbonyl (C=O) groups is 1. The Morgan fingerprint density at radius 3 is 2.46 bits per heavy atom. The Hall–Kier alpha value is -3.09. The number of nitrogens with zero attached hydrogens (tertiary/aromatic N) is 4. The summed E-state index contributed by atoms with van der Waals surface area (Å²) in [6.45, 7) is 8.19. The van der Waals surface area contributed by atoms with Crippen LogP contribution in [0.4, 0.5) is 10.1 Å². The molecule has 0 saturated carbocycles. The molecule has 0 saturated heterocycles. The number of benzene rings is 2. The number of carbonyl (C=O) groups excluding carboxylic acids is 1. The Kier molecular flexibility index (Phi) is 5.53. The molecule has 1 heterocycles. The van der Waals surface area contributed by atoms with E-state index in [0.29, 0.717) is 24.4 Å². The summed E-state index contributed by atoms with van der Waals surface area (Å²) in [6, 6.07) is 12.7. The van der Waals surface area contributed by atoms with E-state index < -0.39 is 5.82 Å². The van der Waals surface area contributed by atoms with Gasteiger partial charge in [0.05, 0.1) is 0 Å². The van der Waals surface area contributed by atoms with Gasteiger partial charge in [-0.3, -0.25) is 4.79 Å². The molecule has 3 rings (SSSR count). The normalized spacial score (nSPS) is 11.5. The lowest BCUT2D eigenvalue weighted by atomic mass is 9.86. The van der Waals surface area contributed by atoms with Gasteiger partial charge in [-0.15, -0.1) is 5.10 Å². The first kappa shape index (κ1) is 19.7. The number of hydrogen-bond donors (Lipinski definition) is 1. The Bertz CT molecular complexity index is 973. The van der Waals surface area contributed by atoms with Crippen LogP contribution in [0.3, 0.4) is 0 Å². The van der Waals surface area contributed by atoms with Crippen LogP contribution in [0.2, 0.25) is 0 Å². The minimum absolute atomic E-state index is 0.105. The number of tetrazole rings is 1. The number of amides is 1. The zero-order valence-corrected chi connectivity index (χ0v) is 16.5. The van der Waals surface area contributed by atoms with Crippen molar-refractivity contribution in [3.05, 3.63) is 65.2 Å². The van der Waals surface area contributed by atoms with E-state index in [1.54, 1.807) is 6.92 Å². The van der Waals surface area contributed by atoms with Crippen LogP contribution in [-0.4, -0.2) is 26.1 Å². The minimum atomic E-state index is -0.465. The van der Waals surface area contributed by atoms with Crippen molar-refractivity contribution in [3.8, 4) is 5.69 Å². The molecule has 146 valence electrons. The fourth-order valence-electron chi connectivity index (χ4n) is 2.86. The van der Waals surface area contributed by atoms with Crippen molar-refractivity contribution >= 4 is 11.6 Å². The summed E-state index contributed by atoms with van der Waals surface area (Å²) >= 11 is 0. The Morgan fingerprint density at radius 1 is 1.14 bits per heavy atom.